The number of rotatable bonds is 5. The number of furan rings is 1. The smallest absolute Gasteiger partial charge is 0.309 e. The number of piperidine rings is 1. The first kappa shape index (κ1) is 18.0. The maximum Gasteiger partial charge on any atom is 0.309 e. The van der Waals surface area contributed by atoms with Crippen LogP contribution in [0, 0.1) is 11.8 Å². The molecule has 1 fully saturated rings. The number of carbonyl (C=O) groups excluding carboxylic acids is 3. The molecular weight excluding hydrogens is 310 g/mol. The highest BCUT2D eigenvalue weighted by Gasteiger charge is 2.25. The molecule has 0 saturated carbocycles. The van der Waals surface area contributed by atoms with E-state index in [0.717, 1.165) is 12.8 Å². The van der Waals surface area contributed by atoms with E-state index in [0.29, 0.717) is 37.7 Å². The Morgan fingerprint density at radius 3 is 2.46 bits per heavy atom. The van der Waals surface area contributed by atoms with Crippen molar-refractivity contribution in [3.63, 3.8) is 0 Å². The van der Waals surface area contributed by atoms with E-state index < -0.39 is 11.8 Å². The fourth-order valence-electron chi connectivity index (χ4n) is 2.60. The predicted octanol–water partition coefficient (Wildman–Crippen LogP) is 1.02. The molecule has 1 saturated heterocycles. The Kier molecular flexibility index (Phi) is 6.40. The van der Waals surface area contributed by atoms with Gasteiger partial charge in [-0.25, -0.2) is 0 Å². The van der Waals surface area contributed by atoms with Gasteiger partial charge in [-0.1, -0.05) is 13.8 Å². The van der Waals surface area contributed by atoms with E-state index in [9.17, 15) is 14.4 Å². The zero-order valence-electron chi connectivity index (χ0n) is 14.2. The molecule has 0 spiro atoms. The lowest BCUT2D eigenvalue weighted by molar-refractivity contribution is -0.139. The molecule has 0 radical (unpaired) electrons. The molecule has 1 aromatic rings. The van der Waals surface area contributed by atoms with Gasteiger partial charge in [0, 0.05) is 26.2 Å². The third-order valence-corrected chi connectivity index (χ3v) is 4.10. The number of nitrogens with zero attached hydrogens (tertiary/aromatic N) is 1. The molecular formula is C17H25N3O4. The zero-order chi connectivity index (χ0) is 17.5. The van der Waals surface area contributed by atoms with Crippen LogP contribution in [-0.2, 0) is 9.59 Å². The lowest BCUT2D eigenvalue weighted by Crippen LogP contribution is -2.45. The number of likely N-dealkylation sites (tertiary alicyclic amines) is 1. The summed E-state index contributed by atoms with van der Waals surface area (Å²) in [5, 5.41) is 5.27. The Labute approximate surface area is 141 Å². The molecule has 0 aliphatic carbocycles. The molecule has 1 aliphatic heterocycles. The molecule has 7 nitrogen and oxygen atoms in total. The van der Waals surface area contributed by atoms with Gasteiger partial charge in [-0.2, -0.15) is 0 Å². The molecule has 2 heterocycles. The average Bonchev–Trinajstić information content (AvgIpc) is 3.11. The molecule has 132 valence electrons. The first-order valence-corrected chi connectivity index (χ1v) is 8.35. The highest BCUT2D eigenvalue weighted by Crippen LogP contribution is 2.18. The van der Waals surface area contributed by atoms with Crippen LogP contribution in [-0.4, -0.2) is 48.8 Å². The highest BCUT2D eigenvalue weighted by molar-refractivity contribution is 6.35. The normalized spacial score (nSPS) is 15.4. The van der Waals surface area contributed by atoms with E-state index >= 15 is 0 Å². The summed E-state index contributed by atoms with van der Waals surface area (Å²) < 4.78 is 4.94. The number of amides is 3. The minimum atomic E-state index is -0.590. The van der Waals surface area contributed by atoms with Gasteiger partial charge < -0.3 is 20.0 Å². The van der Waals surface area contributed by atoms with Crippen LogP contribution in [0.15, 0.2) is 23.0 Å². The Bertz CT molecular complexity index is 560. The van der Waals surface area contributed by atoms with Gasteiger partial charge >= 0.3 is 11.8 Å². The van der Waals surface area contributed by atoms with Crippen LogP contribution in [0.3, 0.4) is 0 Å². The Morgan fingerprint density at radius 1 is 1.21 bits per heavy atom. The van der Waals surface area contributed by atoms with Gasteiger partial charge in [-0.3, -0.25) is 14.4 Å². The Balaban J connectivity index is 1.68. The van der Waals surface area contributed by atoms with Crippen molar-refractivity contribution >= 4 is 17.7 Å². The topological polar surface area (TPSA) is 91.7 Å². The van der Waals surface area contributed by atoms with Crippen LogP contribution >= 0.6 is 0 Å². The quantitative estimate of drug-likeness (QED) is 0.786. The van der Waals surface area contributed by atoms with Crippen molar-refractivity contribution in [2.75, 3.05) is 26.2 Å². The summed E-state index contributed by atoms with van der Waals surface area (Å²) in [5.74, 6) is -0.623. The summed E-state index contributed by atoms with van der Waals surface area (Å²) in [6.45, 7) is 6.17. The van der Waals surface area contributed by atoms with Crippen molar-refractivity contribution in [1.29, 1.82) is 0 Å². The summed E-state index contributed by atoms with van der Waals surface area (Å²) in [7, 11) is 0. The lowest BCUT2D eigenvalue weighted by Gasteiger charge is -2.31. The molecule has 1 aromatic heterocycles. The first-order valence-electron chi connectivity index (χ1n) is 8.35. The average molecular weight is 335 g/mol. The number of nitrogens with one attached hydrogen (secondary N) is 2. The molecule has 2 N–H and O–H groups in total. The molecule has 1 aliphatic rings. The summed E-state index contributed by atoms with van der Waals surface area (Å²) in [6.07, 6.45) is 4.54. The number of carbonyl (C=O) groups is 3. The SMILES string of the molecule is CC(C)CNC(=O)C(=O)NCC1CCN(C(=O)c2ccoc2)CC1. The second kappa shape index (κ2) is 8.52. The number of hydrogen-bond donors (Lipinski definition) is 2. The third kappa shape index (κ3) is 5.11. The fraction of sp³-hybridized carbons (Fsp3) is 0.588. The minimum Gasteiger partial charge on any atom is -0.472 e. The molecule has 0 aromatic carbocycles. The van der Waals surface area contributed by atoms with Crippen LogP contribution in [0.25, 0.3) is 0 Å². The maximum absolute atomic E-state index is 12.2. The van der Waals surface area contributed by atoms with Crippen molar-refractivity contribution in [3.8, 4) is 0 Å². The largest absolute Gasteiger partial charge is 0.472 e. The molecule has 7 heteroatoms. The molecule has 3 amide bonds. The van der Waals surface area contributed by atoms with Crippen molar-refractivity contribution in [2.45, 2.75) is 26.7 Å². The monoisotopic (exact) mass is 335 g/mol. The minimum absolute atomic E-state index is 0.0284. The summed E-state index contributed by atoms with van der Waals surface area (Å²) >= 11 is 0. The van der Waals surface area contributed by atoms with Gasteiger partial charge in [0.1, 0.15) is 6.26 Å². The van der Waals surface area contributed by atoms with Gasteiger partial charge in [0.2, 0.25) is 0 Å². The second-order valence-corrected chi connectivity index (χ2v) is 6.56. The van der Waals surface area contributed by atoms with Crippen LogP contribution < -0.4 is 10.6 Å². The molecule has 0 atom stereocenters. The predicted molar refractivity (Wildman–Crippen MR) is 88.2 cm³/mol. The number of hydrogen-bond acceptors (Lipinski definition) is 4. The van der Waals surface area contributed by atoms with Crippen molar-refractivity contribution in [1.82, 2.24) is 15.5 Å². The molecule has 0 unspecified atom stereocenters. The zero-order valence-corrected chi connectivity index (χ0v) is 14.2. The summed E-state index contributed by atoms with van der Waals surface area (Å²) in [5.41, 5.74) is 0.559. The molecule has 0 bridgehead atoms. The lowest BCUT2D eigenvalue weighted by atomic mass is 9.96. The van der Waals surface area contributed by atoms with Gasteiger partial charge in [-0.05, 0) is 30.7 Å². The molecule has 24 heavy (non-hydrogen) atoms. The van der Waals surface area contributed by atoms with Crippen molar-refractivity contribution in [2.24, 2.45) is 11.8 Å². The van der Waals surface area contributed by atoms with E-state index in [-0.39, 0.29) is 11.8 Å². The fourth-order valence-corrected chi connectivity index (χ4v) is 2.60. The first-order chi connectivity index (χ1) is 11.5. The van der Waals surface area contributed by atoms with Gasteiger partial charge in [0.05, 0.1) is 11.8 Å². The van der Waals surface area contributed by atoms with Gasteiger partial charge in [0.25, 0.3) is 5.91 Å². The van der Waals surface area contributed by atoms with Crippen molar-refractivity contribution in [3.05, 3.63) is 24.2 Å². The van der Waals surface area contributed by atoms with Gasteiger partial charge in [-0.15, -0.1) is 0 Å². The van der Waals surface area contributed by atoms with E-state index in [4.69, 9.17) is 4.42 Å². The molecule has 2 rings (SSSR count). The Morgan fingerprint density at radius 2 is 1.88 bits per heavy atom. The van der Waals surface area contributed by atoms with Crippen molar-refractivity contribution < 1.29 is 18.8 Å². The summed E-state index contributed by atoms with van der Waals surface area (Å²) in [4.78, 5) is 37.3. The third-order valence-electron chi connectivity index (χ3n) is 4.10. The highest BCUT2D eigenvalue weighted by atomic mass is 16.3. The van der Waals surface area contributed by atoms with E-state index in [1.165, 1.54) is 12.5 Å². The standard InChI is InChI=1S/C17H25N3O4/c1-12(2)9-18-15(21)16(22)19-10-13-3-6-20(7-4-13)17(23)14-5-8-24-11-14/h5,8,11-13H,3-4,6-7,9-10H2,1-2H3,(H,18,21)(H,19,22). The second-order valence-electron chi connectivity index (χ2n) is 6.56. The Hall–Kier alpha value is -2.31. The van der Waals surface area contributed by atoms with Crippen LogP contribution in [0.4, 0.5) is 0 Å². The maximum atomic E-state index is 12.2. The van der Waals surface area contributed by atoms with Gasteiger partial charge in [0.15, 0.2) is 0 Å². The van der Waals surface area contributed by atoms with Crippen LogP contribution in [0.5, 0.6) is 0 Å². The van der Waals surface area contributed by atoms with E-state index in [1.807, 2.05) is 13.8 Å². The summed E-state index contributed by atoms with van der Waals surface area (Å²) in [6, 6.07) is 1.66. The van der Waals surface area contributed by atoms with E-state index in [2.05, 4.69) is 10.6 Å². The van der Waals surface area contributed by atoms with Crippen LogP contribution in [0.2, 0.25) is 0 Å². The van der Waals surface area contributed by atoms with E-state index in [1.54, 1.807) is 11.0 Å². The van der Waals surface area contributed by atoms with Crippen LogP contribution in [0.1, 0.15) is 37.0 Å².